The molecule has 5 rings (SSSR count). The second-order valence-corrected chi connectivity index (χ2v) is 9.59. The average Bonchev–Trinajstić information content (AvgIpc) is 3.34. The number of imidazole rings is 1. The van der Waals surface area contributed by atoms with Gasteiger partial charge in [0.2, 0.25) is 0 Å². The van der Waals surface area contributed by atoms with E-state index < -0.39 is 0 Å². The van der Waals surface area contributed by atoms with Gasteiger partial charge in [0.25, 0.3) is 0 Å². The number of hydrogen-bond donors (Lipinski definition) is 0. The first kappa shape index (κ1) is 24.8. The van der Waals surface area contributed by atoms with E-state index in [1.807, 2.05) is 12.1 Å². The molecular weight excluding hydrogens is 454 g/mol. The van der Waals surface area contributed by atoms with Crippen LogP contribution in [-0.2, 0) is 26.2 Å². The highest BCUT2D eigenvalue weighted by atomic mass is 16.5. The van der Waals surface area contributed by atoms with Crippen molar-refractivity contribution in [1.82, 2.24) is 14.5 Å². The Morgan fingerprint density at radius 3 is 2.30 bits per heavy atom. The lowest BCUT2D eigenvalue weighted by Gasteiger charge is -2.24. The highest BCUT2D eigenvalue weighted by Crippen LogP contribution is 2.30. The van der Waals surface area contributed by atoms with Crippen molar-refractivity contribution < 1.29 is 4.74 Å². The maximum atomic E-state index is 5.68. The molecule has 188 valence electrons. The van der Waals surface area contributed by atoms with Crippen LogP contribution in [0, 0.1) is 0 Å². The Kier molecular flexibility index (Phi) is 7.97. The van der Waals surface area contributed by atoms with Crippen LogP contribution in [0.2, 0.25) is 0 Å². The molecule has 4 aromatic carbocycles. The Morgan fingerprint density at radius 1 is 0.757 bits per heavy atom. The number of methoxy groups -OCH3 is 1. The molecule has 4 heteroatoms. The molecule has 1 heterocycles. The number of unbranched alkanes of at least 4 members (excludes halogenated alkanes) is 1. The van der Waals surface area contributed by atoms with Crippen LogP contribution < -0.4 is 4.74 Å². The zero-order chi connectivity index (χ0) is 25.5. The van der Waals surface area contributed by atoms with Gasteiger partial charge < -0.3 is 9.30 Å². The van der Waals surface area contributed by atoms with E-state index in [9.17, 15) is 0 Å². The molecule has 5 aromatic rings. The third-order valence-electron chi connectivity index (χ3n) is 6.88. The van der Waals surface area contributed by atoms with Crippen molar-refractivity contribution in [3.8, 4) is 17.1 Å². The second kappa shape index (κ2) is 11.9. The number of para-hydroxylation sites is 1. The maximum Gasteiger partial charge on any atom is 0.143 e. The molecule has 37 heavy (non-hydrogen) atoms. The molecule has 0 atom stereocenters. The summed E-state index contributed by atoms with van der Waals surface area (Å²) in [7, 11) is 1.73. The van der Waals surface area contributed by atoms with Crippen molar-refractivity contribution in [3.05, 3.63) is 120 Å². The number of ether oxygens (including phenoxy) is 1. The van der Waals surface area contributed by atoms with Gasteiger partial charge in [0.1, 0.15) is 11.6 Å². The first-order valence-corrected chi connectivity index (χ1v) is 13.2. The van der Waals surface area contributed by atoms with Gasteiger partial charge in [-0.15, -0.1) is 0 Å². The van der Waals surface area contributed by atoms with E-state index in [4.69, 9.17) is 9.72 Å². The lowest BCUT2D eigenvalue weighted by atomic mass is 10.1. The van der Waals surface area contributed by atoms with Crippen LogP contribution >= 0.6 is 0 Å². The summed E-state index contributed by atoms with van der Waals surface area (Å²) in [5.41, 5.74) is 4.90. The summed E-state index contributed by atoms with van der Waals surface area (Å²) in [5.74, 6) is 1.83. The van der Waals surface area contributed by atoms with Crippen LogP contribution in [0.5, 0.6) is 5.75 Å². The normalized spacial score (nSPS) is 11.3. The van der Waals surface area contributed by atoms with E-state index in [1.54, 1.807) is 7.11 Å². The van der Waals surface area contributed by atoms with Crippen LogP contribution in [0.25, 0.3) is 22.2 Å². The van der Waals surface area contributed by atoms with Crippen LogP contribution in [0.15, 0.2) is 103 Å². The minimum atomic E-state index is 0.813. The average molecular weight is 490 g/mol. The molecule has 0 radical (unpaired) electrons. The molecule has 0 spiro atoms. The standard InChI is InChI=1S/C33H35N3O/c1-3-4-20-36-30(22-34-33(36)31-16-10-11-17-32(31)37-2)25-35(23-26-12-6-5-7-13-26)24-27-18-19-28-14-8-9-15-29(28)21-27/h5-19,21-22H,3-4,20,23-25H2,1-2H3. The number of aromatic nitrogens is 2. The highest BCUT2D eigenvalue weighted by Gasteiger charge is 2.18. The predicted molar refractivity (Wildman–Crippen MR) is 152 cm³/mol. The smallest absolute Gasteiger partial charge is 0.143 e. The van der Waals surface area contributed by atoms with Crippen molar-refractivity contribution in [2.24, 2.45) is 0 Å². The third-order valence-corrected chi connectivity index (χ3v) is 6.88. The van der Waals surface area contributed by atoms with Crippen LogP contribution in [0.1, 0.15) is 36.6 Å². The fourth-order valence-corrected chi connectivity index (χ4v) is 4.98. The number of hydrogen-bond acceptors (Lipinski definition) is 3. The van der Waals surface area contributed by atoms with Crippen molar-refractivity contribution in [3.63, 3.8) is 0 Å². The van der Waals surface area contributed by atoms with Crippen LogP contribution in [0.4, 0.5) is 0 Å². The van der Waals surface area contributed by atoms with Gasteiger partial charge in [0, 0.05) is 26.2 Å². The summed E-state index contributed by atoms with van der Waals surface area (Å²) < 4.78 is 8.07. The monoisotopic (exact) mass is 489 g/mol. The van der Waals surface area contributed by atoms with Gasteiger partial charge in [-0.25, -0.2) is 4.98 Å². The van der Waals surface area contributed by atoms with Gasteiger partial charge in [-0.3, -0.25) is 4.90 Å². The molecule has 0 aliphatic rings. The van der Waals surface area contributed by atoms with Gasteiger partial charge in [-0.05, 0) is 46.5 Å². The molecule has 0 amide bonds. The molecule has 1 aromatic heterocycles. The topological polar surface area (TPSA) is 30.3 Å². The van der Waals surface area contributed by atoms with Gasteiger partial charge in [0.05, 0.1) is 24.6 Å². The van der Waals surface area contributed by atoms with Crippen molar-refractivity contribution in [2.45, 2.75) is 45.9 Å². The third kappa shape index (κ3) is 5.92. The van der Waals surface area contributed by atoms with E-state index in [-0.39, 0.29) is 0 Å². The van der Waals surface area contributed by atoms with E-state index >= 15 is 0 Å². The minimum Gasteiger partial charge on any atom is -0.496 e. The first-order valence-electron chi connectivity index (χ1n) is 13.2. The zero-order valence-electron chi connectivity index (χ0n) is 21.8. The van der Waals surface area contributed by atoms with Crippen molar-refractivity contribution in [2.75, 3.05) is 7.11 Å². The highest BCUT2D eigenvalue weighted by molar-refractivity contribution is 5.83. The maximum absolute atomic E-state index is 5.68. The summed E-state index contributed by atoms with van der Waals surface area (Å²) >= 11 is 0. The molecule has 0 aliphatic carbocycles. The predicted octanol–water partition coefficient (Wildman–Crippen LogP) is 7.71. The van der Waals surface area contributed by atoms with Crippen LogP contribution in [-0.4, -0.2) is 21.6 Å². The molecule has 0 saturated heterocycles. The van der Waals surface area contributed by atoms with Crippen molar-refractivity contribution in [1.29, 1.82) is 0 Å². The Labute approximate surface area is 220 Å². The molecular formula is C33H35N3O. The molecule has 0 fully saturated rings. The Balaban J connectivity index is 1.48. The minimum absolute atomic E-state index is 0.813. The molecule has 0 bridgehead atoms. The first-order chi connectivity index (χ1) is 18.2. The van der Waals surface area contributed by atoms with Gasteiger partial charge in [0.15, 0.2) is 0 Å². The van der Waals surface area contributed by atoms with Crippen molar-refractivity contribution >= 4 is 10.8 Å². The molecule has 0 unspecified atom stereocenters. The van der Waals surface area contributed by atoms with E-state index in [0.717, 1.165) is 56.2 Å². The number of benzene rings is 4. The Morgan fingerprint density at radius 2 is 1.49 bits per heavy atom. The SMILES string of the molecule is CCCCn1c(CN(Cc2ccccc2)Cc2ccc3ccccc3c2)cnc1-c1ccccc1OC. The van der Waals surface area contributed by atoms with E-state index in [0.29, 0.717) is 0 Å². The molecule has 0 saturated carbocycles. The fraction of sp³-hybridized carbons (Fsp3) is 0.242. The summed E-state index contributed by atoms with van der Waals surface area (Å²) in [5, 5.41) is 2.56. The molecule has 0 N–H and O–H groups in total. The Bertz CT molecular complexity index is 1440. The van der Waals surface area contributed by atoms with Crippen LogP contribution in [0.3, 0.4) is 0 Å². The van der Waals surface area contributed by atoms with E-state index in [1.165, 1.54) is 27.6 Å². The fourth-order valence-electron chi connectivity index (χ4n) is 4.98. The molecule has 0 aliphatic heterocycles. The van der Waals surface area contributed by atoms with Gasteiger partial charge >= 0.3 is 0 Å². The molecule has 4 nitrogen and oxygen atoms in total. The number of nitrogens with zero attached hydrogens (tertiary/aromatic N) is 3. The largest absolute Gasteiger partial charge is 0.496 e. The van der Waals surface area contributed by atoms with E-state index in [2.05, 4.69) is 108 Å². The van der Waals surface area contributed by atoms with Gasteiger partial charge in [-0.2, -0.15) is 0 Å². The van der Waals surface area contributed by atoms with Gasteiger partial charge in [-0.1, -0.05) is 92.2 Å². The number of rotatable bonds is 11. The number of fused-ring (bicyclic) bond motifs is 1. The second-order valence-electron chi connectivity index (χ2n) is 9.59. The summed E-state index contributed by atoms with van der Waals surface area (Å²) in [6.45, 7) is 5.72. The summed E-state index contributed by atoms with van der Waals surface area (Å²) in [6.07, 6.45) is 4.29. The summed E-state index contributed by atoms with van der Waals surface area (Å²) in [4.78, 5) is 7.43. The summed E-state index contributed by atoms with van der Waals surface area (Å²) in [6, 6.07) is 34.3. The zero-order valence-corrected chi connectivity index (χ0v) is 21.8. The quantitative estimate of drug-likeness (QED) is 0.190. The lowest BCUT2D eigenvalue weighted by Crippen LogP contribution is -2.24. The lowest BCUT2D eigenvalue weighted by molar-refractivity contribution is 0.241. The Hall–Kier alpha value is -3.89.